The molecule has 0 saturated heterocycles. The minimum Gasteiger partial charge on any atom is -0.361 e. The van der Waals surface area contributed by atoms with Gasteiger partial charge in [-0.3, -0.25) is 4.79 Å². The number of benzene rings is 1. The quantitative estimate of drug-likeness (QED) is 0.650. The molecule has 5 heteroatoms. The fraction of sp³-hybridized carbons (Fsp3) is 0.167. The van der Waals surface area contributed by atoms with Crippen molar-refractivity contribution < 1.29 is 4.79 Å². The van der Waals surface area contributed by atoms with E-state index in [1.807, 2.05) is 54.9 Å². The summed E-state index contributed by atoms with van der Waals surface area (Å²) in [5, 5.41) is 6.79. The highest BCUT2D eigenvalue weighted by Crippen LogP contribution is 2.22. The summed E-state index contributed by atoms with van der Waals surface area (Å²) in [6.07, 6.45) is 4.64. The number of rotatable bonds is 5. The van der Waals surface area contributed by atoms with E-state index in [4.69, 9.17) is 11.6 Å². The summed E-state index contributed by atoms with van der Waals surface area (Å²) in [5.41, 5.74) is 2.93. The molecular formula is C18H17ClN2OS. The van der Waals surface area contributed by atoms with Crippen molar-refractivity contribution in [2.24, 2.45) is 0 Å². The molecule has 1 aromatic carbocycles. The highest BCUT2D eigenvalue weighted by atomic mass is 35.5. The van der Waals surface area contributed by atoms with Gasteiger partial charge in [-0.1, -0.05) is 17.7 Å². The fourth-order valence-corrected chi connectivity index (χ4v) is 3.35. The van der Waals surface area contributed by atoms with Gasteiger partial charge in [0.05, 0.1) is 0 Å². The average molecular weight is 345 g/mol. The van der Waals surface area contributed by atoms with Crippen molar-refractivity contribution in [3.63, 3.8) is 0 Å². The Morgan fingerprint density at radius 1 is 1.39 bits per heavy atom. The standard InChI is InChI=1S/C18H17ClN2OS/c1-12(9-15-3-2-8-23-15)18(22)20-7-6-13-11-21-17-5-4-14(19)10-16(13)17/h2-5,8-11,21H,6-7H2,1H3,(H,20,22). The van der Waals surface area contributed by atoms with Crippen molar-refractivity contribution in [3.8, 4) is 0 Å². The number of amides is 1. The zero-order chi connectivity index (χ0) is 16.2. The lowest BCUT2D eigenvalue weighted by Gasteiger charge is -2.05. The highest BCUT2D eigenvalue weighted by molar-refractivity contribution is 7.10. The first-order valence-electron chi connectivity index (χ1n) is 7.39. The average Bonchev–Trinajstić information content (AvgIpc) is 3.17. The van der Waals surface area contributed by atoms with Gasteiger partial charge in [0.1, 0.15) is 0 Å². The third-order valence-corrected chi connectivity index (χ3v) is 4.72. The van der Waals surface area contributed by atoms with E-state index in [9.17, 15) is 4.79 Å². The highest BCUT2D eigenvalue weighted by Gasteiger charge is 2.07. The molecule has 118 valence electrons. The number of thiophene rings is 1. The summed E-state index contributed by atoms with van der Waals surface area (Å²) < 4.78 is 0. The van der Waals surface area contributed by atoms with Gasteiger partial charge in [-0.05, 0) is 54.6 Å². The Labute approximate surface area is 144 Å². The Kier molecular flexibility index (Phi) is 4.84. The SMILES string of the molecule is CC(=Cc1cccs1)C(=O)NCCc1c[nH]c2ccc(Cl)cc12. The van der Waals surface area contributed by atoms with Crippen molar-refractivity contribution >= 4 is 45.8 Å². The molecule has 23 heavy (non-hydrogen) atoms. The Hall–Kier alpha value is -2.04. The molecule has 3 nitrogen and oxygen atoms in total. The van der Waals surface area contributed by atoms with E-state index in [2.05, 4.69) is 10.3 Å². The van der Waals surface area contributed by atoms with Crippen LogP contribution in [0.25, 0.3) is 17.0 Å². The Morgan fingerprint density at radius 3 is 3.04 bits per heavy atom. The normalized spacial score (nSPS) is 11.8. The zero-order valence-electron chi connectivity index (χ0n) is 12.7. The fourth-order valence-electron chi connectivity index (χ4n) is 2.46. The summed E-state index contributed by atoms with van der Waals surface area (Å²) in [6, 6.07) is 9.76. The summed E-state index contributed by atoms with van der Waals surface area (Å²) in [7, 11) is 0. The number of carbonyl (C=O) groups is 1. The van der Waals surface area contributed by atoms with Crippen LogP contribution in [0, 0.1) is 0 Å². The molecule has 3 aromatic rings. The topological polar surface area (TPSA) is 44.9 Å². The second kappa shape index (κ2) is 7.02. The van der Waals surface area contributed by atoms with Gasteiger partial charge in [0.25, 0.3) is 0 Å². The second-order valence-electron chi connectivity index (χ2n) is 5.35. The number of H-pyrrole nitrogens is 1. The van der Waals surface area contributed by atoms with Crippen LogP contribution in [0.4, 0.5) is 0 Å². The maximum Gasteiger partial charge on any atom is 0.246 e. The van der Waals surface area contributed by atoms with E-state index in [1.54, 1.807) is 11.3 Å². The third-order valence-electron chi connectivity index (χ3n) is 3.67. The molecule has 0 saturated carbocycles. The summed E-state index contributed by atoms with van der Waals surface area (Å²) >= 11 is 7.67. The van der Waals surface area contributed by atoms with Crippen LogP contribution in [-0.4, -0.2) is 17.4 Å². The van der Waals surface area contributed by atoms with Crippen LogP contribution in [0.1, 0.15) is 17.4 Å². The molecule has 0 spiro atoms. The molecule has 0 fully saturated rings. The smallest absolute Gasteiger partial charge is 0.246 e. The molecule has 0 atom stereocenters. The number of carbonyl (C=O) groups excluding carboxylic acids is 1. The molecule has 0 unspecified atom stereocenters. The molecule has 2 N–H and O–H groups in total. The Bertz CT molecular complexity index is 849. The minimum absolute atomic E-state index is 0.0312. The van der Waals surface area contributed by atoms with E-state index in [-0.39, 0.29) is 5.91 Å². The molecule has 0 bridgehead atoms. The van der Waals surface area contributed by atoms with Gasteiger partial charge in [-0.2, -0.15) is 0 Å². The zero-order valence-corrected chi connectivity index (χ0v) is 14.3. The lowest BCUT2D eigenvalue weighted by Crippen LogP contribution is -2.26. The van der Waals surface area contributed by atoms with Crippen molar-refractivity contribution in [1.82, 2.24) is 10.3 Å². The first-order chi connectivity index (χ1) is 11.1. The van der Waals surface area contributed by atoms with Crippen LogP contribution in [0.3, 0.4) is 0 Å². The summed E-state index contributed by atoms with van der Waals surface area (Å²) in [4.78, 5) is 16.4. The van der Waals surface area contributed by atoms with Gasteiger partial charge in [-0.25, -0.2) is 0 Å². The van der Waals surface area contributed by atoms with Crippen molar-refractivity contribution in [2.45, 2.75) is 13.3 Å². The van der Waals surface area contributed by atoms with Crippen molar-refractivity contribution in [1.29, 1.82) is 0 Å². The van der Waals surface area contributed by atoms with Gasteiger partial charge in [-0.15, -0.1) is 11.3 Å². The Balaban J connectivity index is 1.60. The molecule has 0 aliphatic carbocycles. The first kappa shape index (κ1) is 15.8. The number of nitrogens with one attached hydrogen (secondary N) is 2. The maximum atomic E-state index is 12.1. The van der Waals surface area contributed by atoms with Gasteiger partial charge in [0.2, 0.25) is 5.91 Å². The van der Waals surface area contributed by atoms with Crippen LogP contribution in [0.2, 0.25) is 5.02 Å². The molecule has 3 rings (SSSR count). The lowest BCUT2D eigenvalue weighted by molar-refractivity contribution is -0.117. The minimum atomic E-state index is -0.0312. The number of fused-ring (bicyclic) bond motifs is 1. The monoisotopic (exact) mass is 344 g/mol. The van der Waals surface area contributed by atoms with E-state index < -0.39 is 0 Å². The van der Waals surface area contributed by atoms with E-state index in [1.165, 1.54) is 0 Å². The lowest BCUT2D eigenvalue weighted by atomic mass is 10.1. The number of aromatic nitrogens is 1. The van der Waals surface area contributed by atoms with Crippen molar-refractivity contribution in [2.75, 3.05) is 6.54 Å². The molecule has 0 aliphatic heterocycles. The van der Waals surface area contributed by atoms with Crippen LogP contribution >= 0.6 is 22.9 Å². The van der Waals surface area contributed by atoms with Gasteiger partial charge >= 0.3 is 0 Å². The predicted octanol–water partition coefficient (Wildman–Crippen LogP) is 4.65. The summed E-state index contributed by atoms with van der Waals surface area (Å²) in [5.74, 6) is -0.0312. The number of hydrogen-bond acceptors (Lipinski definition) is 2. The predicted molar refractivity (Wildman–Crippen MR) is 98.0 cm³/mol. The van der Waals surface area contributed by atoms with Gasteiger partial charge in [0, 0.05) is 39.1 Å². The molecule has 2 aromatic heterocycles. The van der Waals surface area contributed by atoms with E-state index >= 15 is 0 Å². The third kappa shape index (κ3) is 3.84. The maximum absolute atomic E-state index is 12.1. The molecule has 1 amide bonds. The van der Waals surface area contributed by atoms with Gasteiger partial charge < -0.3 is 10.3 Å². The second-order valence-corrected chi connectivity index (χ2v) is 6.77. The summed E-state index contributed by atoms with van der Waals surface area (Å²) in [6.45, 7) is 2.43. The largest absolute Gasteiger partial charge is 0.361 e. The Morgan fingerprint density at radius 2 is 2.26 bits per heavy atom. The molecule has 2 heterocycles. The number of aromatic amines is 1. The van der Waals surface area contributed by atoms with E-state index in [0.29, 0.717) is 6.54 Å². The van der Waals surface area contributed by atoms with Crippen LogP contribution < -0.4 is 5.32 Å². The van der Waals surface area contributed by atoms with Crippen LogP contribution in [0.5, 0.6) is 0 Å². The van der Waals surface area contributed by atoms with Crippen LogP contribution in [0.15, 0.2) is 47.5 Å². The van der Waals surface area contributed by atoms with Gasteiger partial charge in [0.15, 0.2) is 0 Å². The molecular weight excluding hydrogens is 328 g/mol. The van der Waals surface area contributed by atoms with Crippen molar-refractivity contribution in [3.05, 3.63) is 62.9 Å². The molecule has 0 aliphatic rings. The number of hydrogen-bond donors (Lipinski definition) is 2. The van der Waals surface area contributed by atoms with Crippen LogP contribution in [-0.2, 0) is 11.2 Å². The molecule has 0 radical (unpaired) electrons. The number of halogens is 1. The first-order valence-corrected chi connectivity index (χ1v) is 8.65. The van der Waals surface area contributed by atoms with E-state index in [0.717, 1.165) is 38.4 Å².